The second kappa shape index (κ2) is 2.44. The van der Waals surface area contributed by atoms with E-state index in [0.29, 0.717) is 5.56 Å². The van der Waals surface area contributed by atoms with Gasteiger partial charge in [-0.05, 0) is 19.1 Å². The Morgan fingerprint density at radius 1 is 1.42 bits per heavy atom. The lowest BCUT2D eigenvalue weighted by molar-refractivity contribution is 0.112. The normalized spacial score (nSPS) is 10.4. The zero-order valence-electron chi connectivity index (χ0n) is 6.69. The average Bonchev–Trinajstić information content (AvgIpc) is 2.43. The van der Waals surface area contributed by atoms with E-state index in [2.05, 4.69) is 4.98 Å². The molecule has 0 saturated carbocycles. The van der Waals surface area contributed by atoms with Gasteiger partial charge in [-0.2, -0.15) is 0 Å². The highest BCUT2D eigenvalue weighted by Crippen LogP contribution is 2.05. The van der Waals surface area contributed by atoms with E-state index in [4.69, 9.17) is 0 Å². The lowest BCUT2D eigenvalue weighted by atomic mass is 10.3. The van der Waals surface area contributed by atoms with Crippen LogP contribution >= 0.6 is 0 Å². The van der Waals surface area contributed by atoms with Crippen molar-refractivity contribution in [3.05, 3.63) is 35.8 Å². The van der Waals surface area contributed by atoms with Crippen LogP contribution in [0.25, 0.3) is 5.65 Å². The molecular formula is C9H8N2O. The largest absolute Gasteiger partial charge is 0.306 e. The molecule has 3 heteroatoms. The number of carbonyl (C=O) groups excluding carboxylic acids is 1. The van der Waals surface area contributed by atoms with Crippen molar-refractivity contribution in [2.24, 2.45) is 0 Å². The summed E-state index contributed by atoms with van der Waals surface area (Å²) in [5, 5.41) is 0. The minimum absolute atomic E-state index is 0.667. The second-order valence-electron chi connectivity index (χ2n) is 2.73. The van der Waals surface area contributed by atoms with Gasteiger partial charge in [-0.3, -0.25) is 4.79 Å². The Labute approximate surface area is 69.7 Å². The predicted octanol–water partition coefficient (Wildman–Crippen LogP) is 1.46. The highest BCUT2D eigenvalue weighted by molar-refractivity contribution is 5.74. The smallest absolute Gasteiger partial charge is 0.151 e. The summed E-state index contributed by atoms with van der Waals surface area (Å²) in [6.07, 6.45) is 4.49. The number of aromatic nitrogens is 2. The summed E-state index contributed by atoms with van der Waals surface area (Å²) in [5.74, 6) is 0. The van der Waals surface area contributed by atoms with Crippen molar-refractivity contribution in [2.75, 3.05) is 0 Å². The molecule has 0 amide bonds. The molecule has 2 aromatic rings. The van der Waals surface area contributed by atoms with Crippen LogP contribution in [0, 0.1) is 6.92 Å². The molecule has 60 valence electrons. The molecule has 2 rings (SSSR count). The minimum atomic E-state index is 0.667. The molecule has 0 aliphatic carbocycles. The third kappa shape index (κ3) is 0.993. The third-order valence-corrected chi connectivity index (χ3v) is 1.73. The molecule has 0 fully saturated rings. The van der Waals surface area contributed by atoms with Gasteiger partial charge >= 0.3 is 0 Å². The predicted molar refractivity (Wildman–Crippen MR) is 45.3 cm³/mol. The first-order chi connectivity index (χ1) is 5.79. The number of aldehydes is 1. The molecule has 3 nitrogen and oxygen atoms in total. The molecule has 2 heterocycles. The van der Waals surface area contributed by atoms with Crippen LogP contribution < -0.4 is 0 Å². The summed E-state index contributed by atoms with van der Waals surface area (Å²) < 4.78 is 1.85. The van der Waals surface area contributed by atoms with Crippen LogP contribution in [-0.2, 0) is 0 Å². The number of rotatable bonds is 1. The second-order valence-corrected chi connectivity index (χ2v) is 2.73. The van der Waals surface area contributed by atoms with E-state index < -0.39 is 0 Å². The standard InChI is InChI=1S/C9H8N2O/c1-7-4-11-5-8(6-12)2-3-9(11)10-7/h2-6H,1H3. The molecule has 0 spiro atoms. The number of fused-ring (bicyclic) bond motifs is 1. The number of aryl methyl sites for hydroxylation is 1. The van der Waals surface area contributed by atoms with Gasteiger partial charge in [0.25, 0.3) is 0 Å². The van der Waals surface area contributed by atoms with Crippen molar-refractivity contribution in [2.45, 2.75) is 6.92 Å². The molecule has 12 heavy (non-hydrogen) atoms. The van der Waals surface area contributed by atoms with Gasteiger partial charge in [0, 0.05) is 18.0 Å². The van der Waals surface area contributed by atoms with Gasteiger partial charge in [-0.15, -0.1) is 0 Å². The Balaban J connectivity index is 2.74. The SMILES string of the molecule is Cc1cn2cc(C=O)ccc2n1. The topological polar surface area (TPSA) is 34.4 Å². The zero-order valence-corrected chi connectivity index (χ0v) is 6.69. The molecule has 0 aliphatic heterocycles. The molecule has 0 aromatic carbocycles. The van der Waals surface area contributed by atoms with Crippen LogP contribution in [0.5, 0.6) is 0 Å². The average molecular weight is 160 g/mol. The van der Waals surface area contributed by atoms with Gasteiger partial charge in [-0.25, -0.2) is 4.98 Å². The molecule has 0 aliphatic rings. The summed E-state index contributed by atoms with van der Waals surface area (Å²) in [7, 11) is 0. The van der Waals surface area contributed by atoms with Crippen molar-refractivity contribution in [3.8, 4) is 0 Å². The molecule has 0 unspecified atom stereocenters. The molecule has 2 aromatic heterocycles. The van der Waals surface area contributed by atoms with E-state index in [0.717, 1.165) is 17.6 Å². The maximum atomic E-state index is 10.4. The van der Waals surface area contributed by atoms with Crippen LogP contribution in [-0.4, -0.2) is 15.7 Å². The van der Waals surface area contributed by atoms with Crippen molar-refractivity contribution >= 4 is 11.9 Å². The van der Waals surface area contributed by atoms with Crippen LogP contribution in [0.15, 0.2) is 24.5 Å². The third-order valence-electron chi connectivity index (χ3n) is 1.73. The van der Waals surface area contributed by atoms with Crippen molar-refractivity contribution in [3.63, 3.8) is 0 Å². The van der Waals surface area contributed by atoms with Crippen LogP contribution in [0.4, 0.5) is 0 Å². The lowest BCUT2D eigenvalue weighted by Crippen LogP contribution is -1.86. The number of hydrogen-bond acceptors (Lipinski definition) is 2. The fourth-order valence-corrected chi connectivity index (χ4v) is 1.21. The van der Waals surface area contributed by atoms with E-state index in [1.807, 2.05) is 23.6 Å². The zero-order chi connectivity index (χ0) is 8.55. The van der Waals surface area contributed by atoms with E-state index in [1.54, 1.807) is 12.3 Å². The van der Waals surface area contributed by atoms with Crippen LogP contribution in [0.3, 0.4) is 0 Å². The van der Waals surface area contributed by atoms with Crippen LogP contribution in [0.2, 0.25) is 0 Å². The first kappa shape index (κ1) is 7.03. The monoisotopic (exact) mass is 160 g/mol. The van der Waals surface area contributed by atoms with E-state index in [-0.39, 0.29) is 0 Å². The maximum absolute atomic E-state index is 10.4. The summed E-state index contributed by atoms with van der Waals surface area (Å²) in [6, 6.07) is 3.59. The van der Waals surface area contributed by atoms with Crippen molar-refractivity contribution in [1.29, 1.82) is 0 Å². The number of carbonyl (C=O) groups is 1. The van der Waals surface area contributed by atoms with E-state index in [9.17, 15) is 4.79 Å². The fraction of sp³-hybridized carbons (Fsp3) is 0.111. The summed E-state index contributed by atoms with van der Waals surface area (Å²) in [4.78, 5) is 14.7. The molecule has 0 bridgehead atoms. The Bertz CT molecular complexity index is 431. The Hall–Kier alpha value is -1.64. The molecule has 0 N–H and O–H groups in total. The minimum Gasteiger partial charge on any atom is -0.306 e. The lowest BCUT2D eigenvalue weighted by Gasteiger charge is -1.92. The van der Waals surface area contributed by atoms with Gasteiger partial charge in [0.1, 0.15) is 5.65 Å². The fourth-order valence-electron chi connectivity index (χ4n) is 1.21. The summed E-state index contributed by atoms with van der Waals surface area (Å²) >= 11 is 0. The van der Waals surface area contributed by atoms with E-state index in [1.165, 1.54) is 0 Å². The van der Waals surface area contributed by atoms with Crippen molar-refractivity contribution < 1.29 is 4.79 Å². The van der Waals surface area contributed by atoms with Gasteiger partial charge in [0.05, 0.1) is 5.69 Å². The number of hydrogen-bond donors (Lipinski definition) is 0. The number of imidazole rings is 1. The molecule has 0 atom stereocenters. The maximum Gasteiger partial charge on any atom is 0.151 e. The van der Waals surface area contributed by atoms with Crippen LogP contribution in [0.1, 0.15) is 16.1 Å². The molecule has 0 radical (unpaired) electrons. The highest BCUT2D eigenvalue weighted by atomic mass is 16.1. The Morgan fingerprint density at radius 2 is 2.25 bits per heavy atom. The van der Waals surface area contributed by atoms with Gasteiger partial charge in [0.15, 0.2) is 6.29 Å². The molecular weight excluding hydrogens is 152 g/mol. The van der Waals surface area contributed by atoms with Crippen molar-refractivity contribution in [1.82, 2.24) is 9.38 Å². The quantitative estimate of drug-likeness (QED) is 0.592. The van der Waals surface area contributed by atoms with Gasteiger partial charge in [0.2, 0.25) is 0 Å². The first-order valence-corrected chi connectivity index (χ1v) is 3.70. The van der Waals surface area contributed by atoms with Gasteiger partial charge in [-0.1, -0.05) is 0 Å². The van der Waals surface area contributed by atoms with E-state index >= 15 is 0 Å². The molecule has 0 saturated heterocycles. The first-order valence-electron chi connectivity index (χ1n) is 3.70. The summed E-state index contributed by atoms with van der Waals surface area (Å²) in [5.41, 5.74) is 2.50. The number of pyridine rings is 1. The van der Waals surface area contributed by atoms with Gasteiger partial charge < -0.3 is 4.40 Å². The highest BCUT2D eigenvalue weighted by Gasteiger charge is 1.97. The summed E-state index contributed by atoms with van der Waals surface area (Å²) in [6.45, 7) is 1.92. The Morgan fingerprint density at radius 3 is 3.00 bits per heavy atom. The Kier molecular flexibility index (Phi) is 1.43. The number of nitrogens with zero attached hydrogens (tertiary/aromatic N) is 2.